The molecule has 3 rings (SSSR count). The van der Waals surface area contributed by atoms with E-state index >= 15 is 0 Å². The van der Waals surface area contributed by atoms with Crippen LogP contribution in [0.5, 0.6) is 0 Å². The van der Waals surface area contributed by atoms with E-state index in [1.54, 1.807) is 16.6 Å². The Morgan fingerprint density at radius 2 is 1.96 bits per heavy atom. The molecule has 0 radical (unpaired) electrons. The van der Waals surface area contributed by atoms with Crippen molar-refractivity contribution in [3.63, 3.8) is 0 Å². The number of hydrogen-bond acceptors (Lipinski definition) is 5. The van der Waals surface area contributed by atoms with Crippen LogP contribution in [0.1, 0.15) is 28.3 Å². The van der Waals surface area contributed by atoms with Gasteiger partial charge in [0.05, 0.1) is 23.5 Å². The summed E-state index contributed by atoms with van der Waals surface area (Å²) in [5, 5.41) is 19.7. The van der Waals surface area contributed by atoms with Crippen LogP contribution >= 0.6 is 0 Å². The Morgan fingerprint density at radius 3 is 2.54 bits per heavy atom. The number of carbonyl (C=O) groups excluding carboxylic acids is 1. The number of hydrogen-bond donors (Lipinski definition) is 1. The van der Waals surface area contributed by atoms with E-state index in [2.05, 4.69) is 10.2 Å². The van der Waals surface area contributed by atoms with Gasteiger partial charge in [0, 0.05) is 38.4 Å². The number of likely N-dealkylation sites (tertiary alicyclic amines) is 1. The molecule has 3 heterocycles. The van der Waals surface area contributed by atoms with Gasteiger partial charge < -0.3 is 14.9 Å². The SMILES string of the molecule is Cc1nn(C)c(C)c1-c1cc(C(=O)N2CC[C@](O)(CN(C)C)C2)n(C)n1. The molecule has 26 heavy (non-hydrogen) atoms. The first kappa shape index (κ1) is 18.6. The van der Waals surface area contributed by atoms with E-state index in [0.29, 0.717) is 31.7 Å². The Hall–Kier alpha value is -2.19. The molecule has 1 saturated heterocycles. The fourth-order valence-corrected chi connectivity index (χ4v) is 3.84. The van der Waals surface area contributed by atoms with Crippen LogP contribution in [0, 0.1) is 13.8 Å². The Morgan fingerprint density at radius 1 is 1.27 bits per heavy atom. The molecule has 1 N–H and O–H groups in total. The van der Waals surface area contributed by atoms with Crippen molar-refractivity contribution in [1.29, 1.82) is 0 Å². The van der Waals surface area contributed by atoms with Crippen LogP contribution in [0.3, 0.4) is 0 Å². The quantitative estimate of drug-likeness (QED) is 0.863. The molecule has 1 aliphatic rings. The number of aliphatic hydroxyl groups is 1. The number of likely N-dealkylation sites (N-methyl/N-ethyl adjacent to an activating group) is 1. The molecule has 0 aliphatic carbocycles. The summed E-state index contributed by atoms with van der Waals surface area (Å²) >= 11 is 0. The zero-order chi connectivity index (χ0) is 19.2. The van der Waals surface area contributed by atoms with Crippen molar-refractivity contribution in [2.75, 3.05) is 33.7 Å². The van der Waals surface area contributed by atoms with Crippen molar-refractivity contribution in [3.05, 3.63) is 23.1 Å². The lowest BCUT2D eigenvalue weighted by atomic mass is 10.0. The standard InChI is InChI=1S/C18H28N6O2/c1-12-16(13(2)22(5)19-12)14-9-15(23(6)20-14)17(25)24-8-7-18(26,11-24)10-21(3)4/h9,26H,7-8,10-11H2,1-6H3/t18-/m0/s1. The number of aryl methyl sites for hydroxylation is 3. The van der Waals surface area contributed by atoms with Gasteiger partial charge in [-0.2, -0.15) is 10.2 Å². The highest BCUT2D eigenvalue weighted by Gasteiger charge is 2.39. The summed E-state index contributed by atoms with van der Waals surface area (Å²) in [6.07, 6.45) is 0.586. The first-order chi connectivity index (χ1) is 12.1. The van der Waals surface area contributed by atoms with Gasteiger partial charge in [0.25, 0.3) is 5.91 Å². The van der Waals surface area contributed by atoms with E-state index in [1.807, 2.05) is 50.6 Å². The zero-order valence-electron chi connectivity index (χ0n) is 16.4. The van der Waals surface area contributed by atoms with Crippen LogP contribution in [-0.4, -0.2) is 79.7 Å². The van der Waals surface area contributed by atoms with E-state index in [0.717, 1.165) is 22.6 Å². The van der Waals surface area contributed by atoms with E-state index in [1.165, 1.54) is 0 Å². The molecule has 142 valence electrons. The minimum atomic E-state index is -0.850. The van der Waals surface area contributed by atoms with Gasteiger partial charge in [-0.05, 0) is 40.4 Å². The van der Waals surface area contributed by atoms with Gasteiger partial charge in [-0.15, -0.1) is 0 Å². The highest BCUT2D eigenvalue weighted by molar-refractivity contribution is 5.94. The second kappa shape index (κ2) is 6.51. The largest absolute Gasteiger partial charge is 0.387 e. The number of amides is 1. The van der Waals surface area contributed by atoms with Gasteiger partial charge >= 0.3 is 0 Å². The lowest BCUT2D eigenvalue weighted by Crippen LogP contribution is -2.43. The lowest BCUT2D eigenvalue weighted by Gasteiger charge is -2.26. The fraction of sp³-hybridized carbons (Fsp3) is 0.611. The minimum Gasteiger partial charge on any atom is -0.387 e. The first-order valence-corrected chi connectivity index (χ1v) is 8.82. The number of nitrogens with zero attached hydrogens (tertiary/aromatic N) is 6. The number of rotatable bonds is 4. The molecule has 0 aromatic carbocycles. The van der Waals surface area contributed by atoms with E-state index in [4.69, 9.17) is 0 Å². The maximum absolute atomic E-state index is 13.0. The average molecular weight is 360 g/mol. The van der Waals surface area contributed by atoms with Crippen molar-refractivity contribution in [2.24, 2.45) is 14.1 Å². The summed E-state index contributed by atoms with van der Waals surface area (Å²) in [5.41, 5.74) is 3.30. The summed E-state index contributed by atoms with van der Waals surface area (Å²) in [7, 11) is 7.53. The molecular weight excluding hydrogens is 332 g/mol. The van der Waals surface area contributed by atoms with E-state index in [-0.39, 0.29) is 5.91 Å². The number of carbonyl (C=O) groups is 1. The normalized spacial score (nSPS) is 20.4. The van der Waals surface area contributed by atoms with Gasteiger partial charge in [0.2, 0.25) is 0 Å². The molecule has 1 atom stereocenters. The number of aromatic nitrogens is 4. The first-order valence-electron chi connectivity index (χ1n) is 8.82. The Bertz CT molecular complexity index is 837. The summed E-state index contributed by atoms with van der Waals surface area (Å²) < 4.78 is 3.44. The predicted molar refractivity (Wildman–Crippen MR) is 98.9 cm³/mol. The Labute approximate surface area is 154 Å². The monoisotopic (exact) mass is 360 g/mol. The van der Waals surface area contributed by atoms with Gasteiger partial charge in [-0.3, -0.25) is 14.2 Å². The maximum atomic E-state index is 13.0. The smallest absolute Gasteiger partial charge is 0.272 e. The molecule has 1 aliphatic heterocycles. The van der Waals surface area contributed by atoms with Crippen molar-refractivity contribution in [1.82, 2.24) is 29.4 Å². The molecule has 2 aromatic heterocycles. The van der Waals surface area contributed by atoms with Crippen LogP contribution in [0.25, 0.3) is 11.3 Å². The Balaban J connectivity index is 1.85. The highest BCUT2D eigenvalue weighted by Crippen LogP contribution is 2.28. The molecule has 1 amide bonds. The Kier molecular flexibility index (Phi) is 4.66. The minimum absolute atomic E-state index is 0.0971. The maximum Gasteiger partial charge on any atom is 0.272 e. The summed E-state index contributed by atoms with van der Waals surface area (Å²) in [5.74, 6) is -0.0971. The summed E-state index contributed by atoms with van der Waals surface area (Å²) in [4.78, 5) is 16.6. The van der Waals surface area contributed by atoms with Crippen LogP contribution in [0.2, 0.25) is 0 Å². The summed E-state index contributed by atoms with van der Waals surface area (Å²) in [6.45, 7) is 5.37. The molecule has 0 spiro atoms. The summed E-state index contributed by atoms with van der Waals surface area (Å²) in [6, 6.07) is 1.82. The van der Waals surface area contributed by atoms with Crippen LogP contribution in [0.15, 0.2) is 6.07 Å². The molecule has 0 unspecified atom stereocenters. The third-order valence-electron chi connectivity index (χ3n) is 5.09. The van der Waals surface area contributed by atoms with E-state index < -0.39 is 5.60 Å². The van der Waals surface area contributed by atoms with Crippen molar-refractivity contribution in [2.45, 2.75) is 25.9 Å². The number of β-amino-alcohol motifs (C(OH)–C–C–N with tert-alkyl or cyclic N) is 1. The average Bonchev–Trinajstić information content (AvgIpc) is 3.16. The predicted octanol–water partition coefficient (Wildman–Crippen LogP) is 0.576. The van der Waals surface area contributed by atoms with Gasteiger partial charge in [0.1, 0.15) is 5.69 Å². The van der Waals surface area contributed by atoms with Gasteiger partial charge in [-0.25, -0.2) is 0 Å². The zero-order valence-corrected chi connectivity index (χ0v) is 16.4. The highest BCUT2D eigenvalue weighted by atomic mass is 16.3. The molecule has 0 saturated carbocycles. The molecule has 1 fully saturated rings. The third-order valence-corrected chi connectivity index (χ3v) is 5.09. The molecule has 0 bridgehead atoms. The van der Waals surface area contributed by atoms with Crippen LogP contribution in [-0.2, 0) is 14.1 Å². The lowest BCUT2D eigenvalue weighted by molar-refractivity contribution is 0.0234. The van der Waals surface area contributed by atoms with Gasteiger partial charge in [0.15, 0.2) is 0 Å². The topological polar surface area (TPSA) is 79.4 Å². The van der Waals surface area contributed by atoms with Crippen molar-refractivity contribution >= 4 is 5.91 Å². The third kappa shape index (κ3) is 3.26. The fourth-order valence-electron chi connectivity index (χ4n) is 3.84. The molecule has 8 heteroatoms. The van der Waals surface area contributed by atoms with E-state index in [9.17, 15) is 9.90 Å². The second-order valence-electron chi connectivity index (χ2n) is 7.65. The van der Waals surface area contributed by atoms with Gasteiger partial charge in [-0.1, -0.05) is 0 Å². The second-order valence-corrected chi connectivity index (χ2v) is 7.65. The molecular formula is C18H28N6O2. The van der Waals surface area contributed by atoms with Crippen LogP contribution in [0.4, 0.5) is 0 Å². The van der Waals surface area contributed by atoms with Crippen molar-refractivity contribution in [3.8, 4) is 11.3 Å². The molecule has 2 aromatic rings. The molecule has 8 nitrogen and oxygen atoms in total. The van der Waals surface area contributed by atoms with Crippen molar-refractivity contribution < 1.29 is 9.90 Å². The van der Waals surface area contributed by atoms with Crippen LogP contribution < -0.4 is 0 Å².